The van der Waals surface area contributed by atoms with E-state index in [0.717, 1.165) is 22.4 Å². The number of carbonyl (C=O) groups excluding carboxylic acids is 2. The Kier molecular flexibility index (Phi) is 7.13. The number of likely N-dealkylation sites (N-methyl/N-ethyl adjacent to an activating group) is 1. The second-order valence-electron chi connectivity index (χ2n) is 7.05. The number of para-hydroxylation sites is 1. The number of carbonyl (C=O) groups is 2. The Morgan fingerprint density at radius 1 is 0.963 bits per heavy atom. The summed E-state index contributed by atoms with van der Waals surface area (Å²) in [6, 6.07) is 15.2. The van der Waals surface area contributed by atoms with Gasteiger partial charge in [-0.2, -0.15) is 0 Å². The van der Waals surface area contributed by atoms with Crippen molar-refractivity contribution < 1.29 is 9.59 Å². The monoisotopic (exact) mass is 367 g/mol. The van der Waals surface area contributed by atoms with Gasteiger partial charge < -0.3 is 10.6 Å². The van der Waals surface area contributed by atoms with E-state index >= 15 is 0 Å². The lowest BCUT2D eigenvalue weighted by atomic mass is 10.1. The van der Waals surface area contributed by atoms with Gasteiger partial charge in [-0.3, -0.25) is 14.5 Å². The molecule has 2 aromatic rings. The van der Waals surface area contributed by atoms with Crippen LogP contribution in [-0.4, -0.2) is 36.3 Å². The number of anilines is 1. The number of nitrogens with one attached hydrogen (secondary N) is 2. The van der Waals surface area contributed by atoms with Crippen molar-refractivity contribution in [3.63, 3.8) is 0 Å². The molecular formula is C22H29N3O2. The maximum absolute atomic E-state index is 12.5. The fourth-order valence-electron chi connectivity index (χ4n) is 2.91. The predicted octanol–water partition coefficient (Wildman–Crippen LogP) is 3.44. The van der Waals surface area contributed by atoms with E-state index in [1.807, 2.05) is 69.3 Å². The summed E-state index contributed by atoms with van der Waals surface area (Å²) in [7, 11) is 1.78. The van der Waals surface area contributed by atoms with Gasteiger partial charge in [0, 0.05) is 5.69 Å². The molecule has 2 rings (SSSR count). The van der Waals surface area contributed by atoms with E-state index in [-0.39, 0.29) is 24.4 Å². The molecule has 144 valence electrons. The van der Waals surface area contributed by atoms with Crippen molar-refractivity contribution in [2.45, 2.75) is 39.8 Å². The van der Waals surface area contributed by atoms with Crippen molar-refractivity contribution in [1.82, 2.24) is 10.2 Å². The molecular weight excluding hydrogens is 338 g/mol. The minimum absolute atomic E-state index is 0.0852. The lowest BCUT2D eigenvalue weighted by Gasteiger charge is -2.25. The van der Waals surface area contributed by atoms with Gasteiger partial charge in [-0.25, -0.2) is 0 Å². The number of hydrogen-bond acceptors (Lipinski definition) is 3. The summed E-state index contributed by atoms with van der Waals surface area (Å²) in [6.07, 6.45) is 0. The molecule has 0 aliphatic carbocycles. The molecule has 0 bridgehead atoms. The van der Waals surface area contributed by atoms with Crippen LogP contribution in [-0.2, 0) is 9.59 Å². The maximum Gasteiger partial charge on any atom is 0.238 e. The first-order valence-electron chi connectivity index (χ1n) is 9.21. The molecule has 0 fully saturated rings. The molecule has 0 saturated carbocycles. The largest absolute Gasteiger partial charge is 0.348 e. The Labute approximate surface area is 161 Å². The summed E-state index contributed by atoms with van der Waals surface area (Å²) in [6.45, 7) is 7.83. The third-order valence-corrected chi connectivity index (χ3v) is 4.84. The van der Waals surface area contributed by atoms with Gasteiger partial charge in [0.25, 0.3) is 0 Å². The Morgan fingerprint density at radius 2 is 1.56 bits per heavy atom. The van der Waals surface area contributed by atoms with Gasteiger partial charge in [0.1, 0.15) is 0 Å². The van der Waals surface area contributed by atoms with Crippen molar-refractivity contribution >= 4 is 17.5 Å². The van der Waals surface area contributed by atoms with Gasteiger partial charge in [0.05, 0.1) is 18.6 Å². The molecule has 0 radical (unpaired) electrons. The van der Waals surface area contributed by atoms with Gasteiger partial charge >= 0.3 is 0 Å². The van der Waals surface area contributed by atoms with E-state index in [2.05, 4.69) is 10.6 Å². The Balaban J connectivity index is 1.91. The molecule has 0 aliphatic heterocycles. The maximum atomic E-state index is 12.5. The van der Waals surface area contributed by atoms with Crippen molar-refractivity contribution in [3.05, 3.63) is 65.2 Å². The van der Waals surface area contributed by atoms with Gasteiger partial charge in [-0.1, -0.05) is 48.5 Å². The Hall–Kier alpha value is -2.66. The number of hydrogen-bond donors (Lipinski definition) is 2. The van der Waals surface area contributed by atoms with Crippen molar-refractivity contribution in [2.75, 3.05) is 18.9 Å². The highest BCUT2D eigenvalue weighted by atomic mass is 16.2. The summed E-state index contributed by atoms with van der Waals surface area (Å²) < 4.78 is 0. The lowest BCUT2D eigenvalue weighted by Crippen LogP contribution is -2.46. The van der Waals surface area contributed by atoms with Crippen LogP contribution in [0.1, 0.15) is 36.6 Å². The minimum Gasteiger partial charge on any atom is -0.348 e. The quantitative estimate of drug-likeness (QED) is 0.788. The lowest BCUT2D eigenvalue weighted by molar-refractivity contribution is -0.127. The molecule has 2 aromatic carbocycles. The van der Waals surface area contributed by atoms with E-state index < -0.39 is 6.04 Å². The number of aryl methyl sites for hydroxylation is 2. The van der Waals surface area contributed by atoms with E-state index in [1.165, 1.54) is 0 Å². The normalized spacial score (nSPS) is 13.1. The highest BCUT2D eigenvalue weighted by Crippen LogP contribution is 2.19. The summed E-state index contributed by atoms with van der Waals surface area (Å²) >= 11 is 0. The molecule has 0 saturated heterocycles. The van der Waals surface area contributed by atoms with Crippen LogP contribution in [0.25, 0.3) is 0 Å². The molecule has 0 aliphatic rings. The van der Waals surface area contributed by atoms with Crippen LogP contribution in [0.5, 0.6) is 0 Å². The first kappa shape index (κ1) is 20.6. The first-order chi connectivity index (χ1) is 12.8. The molecule has 0 aromatic heterocycles. The van der Waals surface area contributed by atoms with E-state index in [9.17, 15) is 9.59 Å². The minimum atomic E-state index is -0.417. The van der Waals surface area contributed by atoms with Crippen LogP contribution in [0.15, 0.2) is 48.5 Å². The van der Waals surface area contributed by atoms with Crippen molar-refractivity contribution in [3.8, 4) is 0 Å². The second-order valence-corrected chi connectivity index (χ2v) is 7.05. The predicted molar refractivity (Wildman–Crippen MR) is 110 cm³/mol. The molecule has 27 heavy (non-hydrogen) atoms. The second kappa shape index (κ2) is 9.33. The van der Waals surface area contributed by atoms with Gasteiger partial charge in [0.2, 0.25) is 11.8 Å². The summed E-state index contributed by atoms with van der Waals surface area (Å²) in [4.78, 5) is 26.7. The average Bonchev–Trinajstić information content (AvgIpc) is 2.64. The zero-order valence-corrected chi connectivity index (χ0v) is 16.7. The molecule has 2 N–H and O–H groups in total. The summed E-state index contributed by atoms with van der Waals surface area (Å²) in [5.74, 6) is -0.237. The molecule has 0 unspecified atom stereocenters. The fraction of sp³-hybridized carbons (Fsp3) is 0.364. The molecule has 2 amide bonds. The van der Waals surface area contributed by atoms with Crippen LogP contribution in [0.4, 0.5) is 5.69 Å². The molecule has 5 heteroatoms. The summed E-state index contributed by atoms with van der Waals surface area (Å²) in [5.41, 5.74) is 3.93. The van der Waals surface area contributed by atoms with E-state index in [1.54, 1.807) is 18.9 Å². The molecule has 5 nitrogen and oxygen atoms in total. The Morgan fingerprint density at radius 3 is 2.15 bits per heavy atom. The van der Waals surface area contributed by atoms with Crippen LogP contribution in [0.2, 0.25) is 0 Å². The zero-order chi connectivity index (χ0) is 20.0. The first-order valence-corrected chi connectivity index (χ1v) is 9.21. The zero-order valence-electron chi connectivity index (χ0n) is 16.7. The van der Waals surface area contributed by atoms with Crippen molar-refractivity contribution in [1.29, 1.82) is 0 Å². The standard InChI is InChI=1S/C22H29N3O2/c1-15-10-9-11-16(2)21(15)24-20(26)14-25(5)18(4)22(27)23-17(3)19-12-7-6-8-13-19/h6-13,17-18H,14H2,1-5H3,(H,23,27)(H,24,26)/t17-,18-/m0/s1. The number of rotatable bonds is 7. The van der Waals surface area contributed by atoms with Gasteiger partial charge in [-0.15, -0.1) is 0 Å². The number of amides is 2. The highest BCUT2D eigenvalue weighted by Gasteiger charge is 2.22. The number of benzene rings is 2. The summed E-state index contributed by atoms with van der Waals surface area (Å²) in [5, 5.41) is 5.96. The van der Waals surface area contributed by atoms with Crippen molar-refractivity contribution in [2.24, 2.45) is 0 Å². The fourth-order valence-corrected chi connectivity index (χ4v) is 2.91. The molecule has 0 spiro atoms. The van der Waals surface area contributed by atoms with Crippen LogP contribution in [0.3, 0.4) is 0 Å². The van der Waals surface area contributed by atoms with Crippen LogP contribution >= 0.6 is 0 Å². The van der Waals surface area contributed by atoms with Crippen LogP contribution < -0.4 is 10.6 Å². The third kappa shape index (κ3) is 5.66. The smallest absolute Gasteiger partial charge is 0.238 e. The Bertz CT molecular complexity index is 769. The van der Waals surface area contributed by atoms with Gasteiger partial charge in [-0.05, 0) is 51.4 Å². The SMILES string of the molecule is Cc1cccc(C)c1NC(=O)CN(C)[C@@H](C)C(=O)N[C@@H](C)c1ccccc1. The van der Waals surface area contributed by atoms with Crippen LogP contribution in [0, 0.1) is 13.8 Å². The molecule has 2 atom stereocenters. The highest BCUT2D eigenvalue weighted by molar-refractivity contribution is 5.94. The number of nitrogens with zero attached hydrogens (tertiary/aromatic N) is 1. The molecule has 0 heterocycles. The van der Waals surface area contributed by atoms with Gasteiger partial charge in [0.15, 0.2) is 0 Å². The topological polar surface area (TPSA) is 61.4 Å². The van der Waals surface area contributed by atoms with E-state index in [4.69, 9.17) is 0 Å². The average molecular weight is 367 g/mol. The van der Waals surface area contributed by atoms with E-state index in [0.29, 0.717) is 0 Å². The third-order valence-electron chi connectivity index (χ3n) is 4.84.